The maximum atomic E-state index is 13.6. The molecule has 1 N–H and O–H groups in total. The number of amides is 1. The maximum absolute atomic E-state index is 13.6. The number of benzene rings is 3. The Hall–Kier alpha value is -3.43. The second kappa shape index (κ2) is 11.3. The van der Waals surface area contributed by atoms with Crippen molar-refractivity contribution < 1.29 is 22.3 Å². The molecule has 0 aliphatic rings. The summed E-state index contributed by atoms with van der Waals surface area (Å²) in [5, 5.41) is 0. The van der Waals surface area contributed by atoms with Gasteiger partial charge in [-0.25, -0.2) is 12.8 Å². The van der Waals surface area contributed by atoms with Crippen molar-refractivity contribution in [1.82, 2.24) is 9.80 Å². The van der Waals surface area contributed by atoms with E-state index in [0.717, 1.165) is 5.56 Å². The van der Waals surface area contributed by atoms with Gasteiger partial charge < -0.3 is 14.5 Å². The fourth-order valence-electron chi connectivity index (χ4n) is 3.43. The summed E-state index contributed by atoms with van der Waals surface area (Å²) in [4.78, 5) is 17.1. The minimum Gasteiger partial charge on any atom is -0.497 e. The van der Waals surface area contributed by atoms with Crippen LogP contribution in [0.25, 0.3) is 0 Å². The molecule has 0 saturated heterocycles. The number of nitrogens with zero attached hydrogens (tertiary/aromatic N) is 2. The molecule has 9 heteroatoms. The van der Waals surface area contributed by atoms with Gasteiger partial charge in [0.05, 0.1) is 12.0 Å². The van der Waals surface area contributed by atoms with Gasteiger partial charge in [0.25, 0.3) is 15.9 Å². The van der Waals surface area contributed by atoms with E-state index in [1.165, 1.54) is 31.4 Å². The first-order valence-corrected chi connectivity index (χ1v) is 12.5. The lowest BCUT2D eigenvalue weighted by molar-refractivity contribution is 0.0731. The first kappa shape index (κ1) is 26.2. The third kappa shape index (κ3) is 7.03. The standard InChI is InChI=1S/C26H30FN3O4S/c1-19-5-14-24(35(32,33)28-22-10-12-23(34-4)13-11-22)17-25(19)26(31)30(16-15-29(2)3)18-20-6-8-21(27)9-7-20/h5-14,17,28H,15-16,18H2,1-4H3. The summed E-state index contributed by atoms with van der Waals surface area (Å²) in [6, 6.07) is 17.0. The molecule has 3 aromatic rings. The van der Waals surface area contributed by atoms with Crippen molar-refractivity contribution in [2.24, 2.45) is 0 Å². The topological polar surface area (TPSA) is 78.9 Å². The molecule has 0 fully saturated rings. The summed E-state index contributed by atoms with van der Waals surface area (Å²) in [6.45, 7) is 3.07. The Morgan fingerprint density at radius 2 is 1.63 bits per heavy atom. The van der Waals surface area contributed by atoms with Crippen LogP contribution in [0.4, 0.5) is 10.1 Å². The average Bonchev–Trinajstić information content (AvgIpc) is 2.83. The number of rotatable bonds is 10. The molecule has 0 heterocycles. The van der Waals surface area contributed by atoms with Crippen molar-refractivity contribution in [3.05, 3.63) is 89.2 Å². The molecule has 0 saturated carbocycles. The molecule has 0 atom stereocenters. The molecule has 0 bridgehead atoms. The number of carbonyl (C=O) groups is 1. The predicted molar refractivity (Wildman–Crippen MR) is 135 cm³/mol. The van der Waals surface area contributed by atoms with Gasteiger partial charge in [0.1, 0.15) is 11.6 Å². The van der Waals surface area contributed by atoms with Crippen molar-refractivity contribution >= 4 is 21.6 Å². The minimum atomic E-state index is -3.93. The van der Waals surface area contributed by atoms with Crippen molar-refractivity contribution in [3.8, 4) is 5.75 Å². The van der Waals surface area contributed by atoms with Gasteiger partial charge in [0.2, 0.25) is 0 Å². The number of hydrogen-bond donors (Lipinski definition) is 1. The predicted octanol–water partition coefficient (Wildman–Crippen LogP) is 4.15. The number of carbonyl (C=O) groups excluding carboxylic acids is 1. The second-order valence-corrected chi connectivity index (χ2v) is 10.1. The third-order valence-electron chi connectivity index (χ3n) is 5.48. The number of halogens is 1. The number of nitrogens with one attached hydrogen (secondary N) is 1. The summed E-state index contributed by atoms with van der Waals surface area (Å²) in [7, 11) is 1.41. The van der Waals surface area contributed by atoms with E-state index in [-0.39, 0.29) is 23.2 Å². The summed E-state index contributed by atoms with van der Waals surface area (Å²) in [5.74, 6) is -0.0386. The highest BCUT2D eigenvalue weighted by atomic mass is 32.2. The van der Waals surface area contributed by atoms with E-state index < -0.39 is 10.0 Å². The van der Waals surface area contributed by atoms with E-state index in [0.29, 0.717) is 35.7 Å². The highest BCUT2D eigenvalue weighted by Gasteiger charge is 2.22. The van der Waals surface area contributed by atoms with E-state index >= 15 is 0 Å². The van der Waals surface area contributed by atoms with Gasteiger partial charge in [-0.1, -0.05) is 18.2 Å². The molecule has 3 aromatic carbocycles. The van der Waals surface area contributed by atoms with Gasteiger partial charge in [0.15, 0.2) is 0 Å². The zero-order valence-electron chi connectivity index (χ0n) is 20.3. The number of aryl methyl sites for hydroxylation is 1. The fourth-order valence-corrected chi connectivity index (χ4v) is 4.51. The molecular formula is C26H30FN3O4S. The maximum Gasteiger partial charge on any atom is 0.261 e. The molecule has 35 heavy (non-hydrogen) atoms. The van der Waals surface area contributed by atoms with E-state index in [4.69, 9.17) is 4.74 Å². The van der Waals surface area contributed by atoms with Crippen molar-refractivity contribution in [3.63, 3.8) is 0 Å². The highest BCUT2D eigenvalue weighted by molar-refractivity contribution is 7.92. The Morgan fingerprint density at radius 3 is 2.23 bits per heavy atom. The zero-order valence-corrected chi connectivity index (χ0v) is 21.1. The number of hydrogen-bond acceptors (Lipinski definition) is 5. The van der Waals surface area contributed by atoms with Gasteiger partial charge in [-0.05, 0) is 80.7 Å². The van der Waals surface area contributed by atoms with Crippen LogP contribution in [-0.4, -0.2) is 58.4 Å². The van der Waals surface area contributed by atoms with Crippen molar-refractivity contribution in [2.45, 2.75) is 18.4 Å². The first-order valence-electron chi connectivity index (χ1n) is 11.0. The number of ether oxygens (including phenoxy) is 1. The van der Waals surface area contributed by atoms with Gasteiger partial charge in [0, 0.05) is 30.9 Å². The van der Waals surface area contributed by atoms with Gasteiger partial charge >= 0.3 is 0 Å². The molecule has 1 amide bonds. The summed E-state index contributed by atoms with van der Waals surface area (Å²) in [6.07, 6.45) is 0. The van der Waals surface area contributed by atoms with Crippen LogP contribution in [0.3, 0.4) is 0 Å². The largest absolute Gasteiger partial charge is 0.497 e. The normalized spacial score (nSPS) is 11.4. The number of methoxy groups -OCH3 is 1. The molecule has 0 aliphatic heterocycles. The molecule has 0 unspecified atom stereocenters. The van der Waals surface area contributed by atoms with Gasteiger partial charge in [-0.2, -0.15) is 0 Å². The molecule has 0 spiro atoms. The Labute approximate surface area is 206 Å². The molecule has 3 rings (SSSR count). The number of sulfonamides is 1. The SMILES string of the molecule is COc1ccc(NS(=O)(=O)c2ccc(C)c(C(=O)N(CCN(C)C)Cc3ccc(F)cc3)c2)cc1. The lowest BCUT2D eigenvalue weighted by atomic mass is 10.1. The number of likely N-dealkylation sites (N-methyl/N-ethyl adjacent to an activating group) is 1. The Bertz CT molecular complexity index is 1260. The van der Waals surface area contributed by atoms with Crippen LogP contribution in [0.15, 0.2) is 71.6 Å². The third-order valence-corrected chi connectivity index (χ3v) is 6.86. The van der Waals surface area contributed by atoms with Crippen LogP contribution >= 0.6 is 0 Å². The lowest BCUT2D eigenvalue weighted by Crippen LogP contribution is -2.36. The monoisotopic (exact) mass is 499 g/mol. The van der Waals surface area contributed by atoms with E-state index in [2.05, 4.69) is 4.72 Å². The van der Waals surface area contributed by atoms with Crippen molar-refractivity contribution in [2.75, 3.05) is 39.0 Å². The van der Waals surface area contributed by atoms with E-state index in [9.17, 15) is 17.6 Å². The van der Waals surface area contributed by atoms with Crippen LogP contribution < -0.4 is 9.46 Å². The minimum absolute atomic E-state index is 0.0170. The Morgan fingerprint density at radius 1 is 0.971 bits per heavy atom. The summed E-state index contributed by atoms with van der Waals surface area (Å²) in [5.41, 5.74) is 2.11. The van der Waals surface area contributed by atoms with Gasteiger partial charge in [-0.3, -0.25) is 9.52 Å². The second-order valence-electron chi connectivity index (χ2n) is 8.47. The first-order chi connectivity index (χ1) is 16.6. The van der Waals surface area contributed by atoms with Crippen LogP contribution in [0.1, 0.15) is 21.5 Å². The van der Waals surface area contributed by atoms with Crippen molar-refractivity contribution in [1.29, 1.82) is 0 Å². The molecule has 0 aliphatic carbocycles. The summed E-state index contributed by atoms with van der Waals surface area (Å²) >= 11 is 0. The highest BCUT2D eigenvalue weighted by Crippen LogP contribution is 2.23. The molecule has 7 nitrogen and oxygen atoms in total. The van der Waals surface area contributed by atoms with Crippen LogP contribution in [-0.2, 0) is 16.6 Å². The Kier molecular flexibility index (Phi) is 8.48. The van der Waals surface area contributed by atoms with Gasteiger partial charge in [-0.15, -0.1) is 0 Å². The quantitative estimate of drug-likeness (QED) is 0.454. The lowest BCUT2D eigenvalue weighted by Gasteiger charge is -2.25. The van der Waals surface area contributed by atoms with Crippen LogP contribution in [0.2, 0.25) is 0 Å². The molecule has 0 radical (unpaired) electrons. The number of anilines is 1. The molecular weight excluding hydrogens is 469 g/mol. The molecule has 0 aromatic heterocycles. The smallest absolute Gasteiger partial charge is 0.261 e. The van der Waals surface area contributed by atoms with Crippen LogP contribution in [0.5, 0.6) is 5.75 Å². The average molecular weight is 500 g/mol. The van der Waals surface area contributed by atoms with Crippen LogP contribution in [0, 0.1) is 12.7 Å². The zero-order chi connectivity index (χ0) is 25.6. The fraction of sp³-hybridized carbons (Fsp3) is 0.269. The molecule has 186 valence electrons. The van der Waals surface area contributed by atoms with E-state index in [1.54, 1.807) is 54.3 Å². The Balaban J connectivity index is 1.89. The summed E-state index contributed by atoms with van der Waals surface area (Å²) < 4.78 is 47.1. The van der Waals surface area contributed by atoms with E-state index in [1.807, 2.05) is 19.0 Å².